The summed E-state index contributed by atoms with van der Waals surface area (Å²) in [5.41, 5.74) is 10.9. The van der Waals surface area contributed by atoms with Gasteiger partial charge in [0.05, 0.1) is 6.54 Å². The first-order valence-electron chi connectivity index (χ1n) is 5.82. The summed E-state index contributed by atoms with van der Waals surface area (Å²) in [5.74, 6) is 0.839. The number of aromatic nitrogens is 1. The van der Waals surface area contributed by atoms with E-state index >= 15 is 0 Å². The lowest BCUT2D eigenvalue weighted by Gasteiger charge is -2.12. The molecule has 0 radical (unpaired) electrons. The first-order valence-corrected chi connectivity index (χ1v) is 5.82. The zero-order valence-corrected chi connectivity index (χ0v) is 9.76. The number of nitrogens with one attached hydrogen (secondary N) is 3. The maximum Gasteiger partial charge on any atom is 0.177 e. The molecule has 5 nitrogen and oxygen atoms in total. The van der Waals surface area contributed by atoms with Crippen molar-refractivity contribution in [2.45, 2.75) is 6.23 Å². The summed E-state index contributed by atoms with van der Waals surface area (Å²) in [6.45, 7) is 0.727. The van der Waals surface area contributed by atoms with Crippen LogP contribution in [-0.4, -0.2) is 17.8 Å². The van der Waals surface area contributed by atoms with E-state index in [0.29, 0.717) is 0 Å². The lowest BCUT2D eigenvalue weighted by molar-refractivity contribution is 0.191. The molecule has 0 spiro atoms. The number of pyridine rings is 1. The summed E-state index contributed by atoms with van der Waals surface area (Å²) in [6, 6.07) is 11.9. The Hall–Kier alpha value is -1.95. The van der Waals surface area contributed by atoms with Crippen LogP contribution in [0.5, 0.6) is 5.75 Å². The second-order valence-electron chi connectivity index (χ2n) is 4.02. The fourth-order valence-corrected chi connectivity index (χ4v) is 1.82. The second kappa shape index (κ2) is 5.14. The van der Waals surface area contributed by atoms with Crippen molar-refractivity contribution in [2.24, 2.45) is 0 Å². The van der Waals surface area contributed by atoms with Crippen molar-refractivity contribution in [3.8, 4) is 16.9 Å². The molecule has 1 aromatic carbocycles. The number of hydrogen-bond donors (Lipinski definition) is 3. The first kappa shape index (κ1) is 11.2. The summed E-state index contributed by atoms with van der Waals surface area (Å²) >= 11 is 0. The van der Waals surface area contributed by atoms with Gasteiger partial charge >= 0.3 is 0 Å². The van der Waals surface area contributed by atoms with E-state index in [1.54, 1.807) is 6.20 Å². The Kier molecular flexibility index (Phi) is 3.18. The van der Waals surface area contributed by atoms with Crippen LogP contribution in [-0.2, 0) is 0 Å². The van der Waals surface area contributed by atoms with E-state index in [1.807, 2.05) is 42.6 Å². The van der Waals surface area contributed by atoms with Crippen LogP contribution < -0.4 is 21.1 Å². The quantitative estimate of drug-likeness (QED) is 0.751. The number of hydrogen-bond acceptors (Lipinski definition) is 5. The van der Waals surface area contributed by atoms with Gasteiger partial charge < -0.3 is 4.74 Å². The molecule has 2 heterocycles. The van der Waals surface area contributed by atoms with Gasteiger partial charge in [0.15, 0.2) is 6.23 Å². The topological polar surface area (TPSA) is 58.2 Å². The molecule has 3 N–H and O–H groups in total. The average molecular weight is 242 g/mol. The third-order valence-corrected chi connectivity index (χ3v) is 2.74. The molecule has 2 aromatic rings. The van der Waals surface area contributed by atoms with Crippen LogP contribution in [0.1, 0.15) is 0 Å². The van der Waals surface area contributed by atoms with Crippen molar-refractivity contribution in [1.82, 2.24) is 21.4 Å². The second-order valence-corrected chi connectivity index (χ2v) is 4.02. The van der Waals surface area contributed by atoms with Gasteiger partial charge in [0.2, 0.25) is 0 Å². The van der Waals surface area contributed by atoms with Gasteiger partial charge in [0.1, 0.15) is 5.75 Å². The van der Waals surface area contributed by atoms with E-state index in [1.165, 1.54) is 0 Å². The first-order chi connectivity index (χ1) is 8.92. The van der Waals surface area contributed by atoms with Crippen molar-refractivity contribution in [2.75, 3.05) is 6.54 Å². The van der Waals surface area contributed by atoms with E-state index in [-0.39, 0.29) is 6.23 Å². The molecule has 18 heavy (non-hydrogen) atoms. The van der Waals surface area contributed by atoms with Crippen molar-refractivity contribution in [3.63, 3.8) is 0 Å². The molecular formula is C13H14N4O. The molecule has 0 aliphatic carbocycles. The predicted octanol–water partition coefficient (Wildman–Crippen LogP) is 1.07. The highest BCUT2D eigenvalue weighted by atomic mass is 16.5. The Labute approximate surface area is 105 Å². The monoisotopic (exact) mass is 242 g/mol. The molecule has 1 aromatic heterocycles. The SMILES string of the molecule is c1cncc(-c2ccc(OC3CNNN3)cc2)c1. The zero-order valence-electron chi connectivity index (χ0n) is 9.76. The van der Waals surface area contributed by atoms with E-state index in [4.69, 9.17) is 4.74 Å². The average Bonchev–Trinajstić information content (AvgIpc) is 2.94. The summed E-state index contributed by atoms with van der Waals surface area (Å²) in [6.07, 6.45) is 3.57. The van der Waals surface area contributed by atoms with Crippen LogP contribution in [0.2, 0.25) is 0 Å². The molecule has 1 unspecified atom stereocenters. The molecule has 0 bridgehead atoms. The summed E-state index contributed by atoms with van der Waals surface area (Å²) < 4.78 is 5.71. The van der Waals surface area contributed by atoms with Crippen LogP contribution in [0.25, 0.3) is 11.1 Å². The highest BCUT2D eigenvalue weighted by molar-refractivity contribution is 5.62. The Balaban J connectivity index is 1.72. The van der Waals surface area contributed by atoms with Gasteiger partial charge in [-0.3, -0.25) is 4.98 Å². The minimum Gasteiger partial charge on any atom is -0.473 e. The van der Waals surface area contributed by atoms with E-state index in [0.717, 1.165) is 23.4 Å². The normalized spacial score (nSPS) is 18.8. The van der Waals surface area contributed by atoms with Gasteiger partial charge in [-0.15, -0.1) is 0 Å². The van der Waals surface area contributed by atoms with Crippen molar-refractivity contribution in [3.05, 3.63) is 48.8 Å². The molecule has 1 saturated heterocycles. The predicted molar refractivity (Wildman–Crippen MR) is 68.4 cm³/mol. The summed E-state index contributed by atoms with van der Waals surface area (Å²) in [5, 5.41) is 0. The maximum atomic E-state index is 5.71. The molecule has 0 saturated carbocycles. The third kappa shape index (κ3) is 2.48. The molecule has 1 atom stereocenters. The van der Waals surface area contributed by atoms with Crippen LogP contribution in [0.4, 0.5) is 0 Å². The van der Waals surface area contributed by atoms with Gasteiger partial charge in [-0.05, 0) is 29.3 Å². The molecule has 92 valence electrons. The Morgan fingerprint density at radius 2 is 2.00 bits per heavy atom. The Morgan fingerprint density at radius 1 is 1.11 bits per heavy atom. The lowest BCUT2D eigenvalue weighted by Crippen LogP contribution is -2.36. The van der Waals surface area contributed by atoms with Gasteiger partial charge in [-0.2, -0.15) is 5.53 Å². The molecule has 5 heteroatoms. The van der Waals surface area contributed by atoms with Gasteiger partial charge in [0, 0.05) is 12.4 Å². The highest BCUT2D eigenvalue weighted by Crippen LogP contribution is 2.21. The minimum absolute atomic E-state index is 0.0470. The van der Waals surface area contributed by atoms with Gasteiger partial charge in [-0.25, -0.2) is 10.9 Å². The number of rotatable bonds is 3. The number of benzene rings is 1. The van der Waals surface area contributed by atoms with Gasteiger partial charge in [0.25, 0.3) is 0 Å². The largest absolute Gasteiger partial charge is 0.473 e. The Bertz CT molecular complexity index is 494. The minimum atomic E-state index is -0.0470. The van der Waals surface area contributed by atoms with E-state index in [2.05, 4.69) is 21.4 Å². The zero-order chi connectivity index (χ0) is 12.2. The third-order valence-electron chi connectivity index (χ3n) is 2.74. The Morgan fingerprint density at radius 3 is 2.67 bits per heavy atom. The van der Waals surface area contributed by atoms with Crippen LogP contribution in [0.15, 0.2) is 48.8 Å². The maximum absolute atomic E-state index is 5.71. The lowest BCUT2D eigenvalue weighted by atomic mass is 10.1. The van der Waals surface area contributed by atoms with E-state index in [9.17, 15) is 0 Å². The van der Waals surface area contributed by atoms with Crippen molar-refractivity contribution < 1.29 is 4.74 Å². The fraction of sp³-hybridized carbons (Fsp3) is 0.154. The van der Waals surface area contributed by atoms with Crippen molar-refractivity contribution >= 4 is 0 Å². The molecule has 1 aliphatic heterocycles. The van der Waals surface area contributed by atoms with Gasteiger partial charge in [-0.1, -0.05) is 18.2 Å². The number of nitrogens with zero attached hydrogens (tertiary/aromatic N) is 1. The molecule has 3 rings (SSSR count). The van der Waals surface area contributed by atoms with Crippen LogP contribution >= 0.6 is 0 Å². The number of ether oxygens (including phenoxy) is 1. The van der Waals surface area contributed by atoms with Crippen LogP contribution in [0.3, 0.4) is 0 Å². The summed E-state index contributed by atoms with van der Waals surface area (Å²) in [4.78, 5) is 4.11. The fourth-order valence-electron chi connectivity index (χ4n) is 1.82. The van der Waals surface area contributed by atoms with Crippen LogP contribution in [0, 0.1) is 0 Å². The van der Waals surface area contributed by atoms with Crippen molar-refractivity contribution in [1.29, 1.82) is 0 Å². The smallest absolute Gasteiger partial charge is 0.177 e. The standard InChI is InChI=1S/C13H14N4O/c1-2-11(8-14-7-1)10-3-5-12(6-4-10)18-13-9-15-17-16-13/h1-8,13,15-17H,9H2. The molecule has 0 amide bonds. The van der Waals surface area contributed by atoms with E-state index < -0.39 is 0 Å². The summed E-state index contributed by atoms with van der Waals surface area (Å²) in [7, 11) is 0. The molecular weight excluding hydrogens is 228 g/mol. The molecule has 1 aliphatic rings. The molecule has 1 fully saturated rings. The number of hydrazine groups is 2. The highest BCUT2D eigenvalue weighted by Gasteiger charge is 2.14.